The maximum atomic E-state index is 12.8. The van der Waals surface area contributed by atoms with Gasteiger partial charge in [-0.1, -0.05) is 12.1 Å². The number of hydrogen-bond donors (Lipinski definition) is 2. The number of nitrogens with one attached hydrogen (secondary N) is 2. The van der Waals surface area contributed by atoms with Gasteiger partial charge in [-0.25, -0.2) is 13.1 Å². The lowest BCUT2D eigenvalue weighted by molar-refractivity contribution is -0.0493. The second kappa shape index (κ2) is 9.37. The summed E-state index contributed by atoms with van der Waals surface area (Å²) in [6.07, 6.45) is 0.545. The topological polar surface area (TPSA) is 103 Å². The number of amides is 1. The van der Waals surface area contributed by atoms with Crippen molar-refractivity contribution in [3.63, 3.8) is 0 Å². The Kier molecular flexibility index (Phi) is 6.85. The van der Waals surface area contributed by atoms with Gasteiger partial charge in [0.1, 0.15) is 11.5 Å². The SMILES string of the molecule is COc1ccc(S(=O)(=O)NC2CCOC2)cc1C(=O)Nc1ccccc1OC(F)F. The number of ether oxygens (including phenoxy) is 3. The van der Waals surface area contributed by atoms with E-state index in [0.717, 1.165) is 6.07 Å². The molecule has 0 radical (unpaired) electrons. The number of hydrogen-bond acceptors (Lipinski definition) is 6. The molecule has 0 aromatic heterocycles. The molecule has 2 aromatic rings. The second-order valence-corrected chi connectivity index (χ2v) is 8.09. The number of para-hydroxylation sites is 2. The van der Waals surface area contributed by atoms with Crippen LogP contribution in [0.25, 0.3) is 0 Å². The minimum atomic E-state index is -3.91. The van der Waals surface area contributed by atoms with E-state index in [0.29, 0.717) is 13.0 Å². The van der Waals surface area contributed by atoms with E-state index in [1.54, 1.807) is 0 Å². The van der Waals surface area contributed by atoms with Gasteiger partial charge in [0.05, 0.1) is 29.9 Å². The highest BCUT2D eigenvalue weighted by atomic mass is 32.2. The summed E-state index contributed by atoms with van der Waals surface area (Å²) >= 11 is 0. The predicted octanol–water partition coefficient (Wildman–Crippen LogP) is 2.62. The van der Waals surface area contributed by atoms with Crippen LogP contribution in [0.15, 0.2) is 47.4 Å². The van der Waals surface area contributed by atoms with Crippen molar-refractivity contribution >= 4 is 21.6 Å². The molecule has 1 aliphatic heterocycles. The van der Waals surface area contributed by atoms with Gasteiger partial charge in [-0.05, 0) is 36.8 Å². The highest BCUT2D eigenvalue weighted by Gasteiger charge is 2.25. The summed E-state index contributed by atoms with van der Waals surface area (Å²) < 4.78 is 67.7. The van der Waals surface area contributed by atoms with Crippen molar-refractivity contribution < 1.29 is 36.2 Å². The van der Waals surface area contributed by atoms with E-state index in [-0.39, 0.29) is 40.3 Å². The number of anilines is 1. The first kappa shape index (κ1) is 21.9. The van der Waals surface area contributed by atoms with Gasteiger partial charge >= 0.3 is 6.61 Å². The summed E-state index contributed by atoms with van der Waals surface area (Å²) in [5.41, 5.74) is -0.0887. The van der Waals surface area contributed by atoms with Crippen LogP contribution in [0.5, 0.6) is 11.5 Å². The molecule has 0 saturated carbocycles. The fraction of sp³-hybridized carbons (Fsp3) is 0.316. The lowest BCUT2D eigenvalue weighted by Crippen LogP contribution is -2.35. The molecule has 3 rings (SSSR count). The van der Waals surface area contributed by atoms with Crippen LogP contribution in [0.1, 0.15) is 16.8 Å². The first-order valence-electron chi connectivity index (χ1n) is 8.93. The standard InChI is InChI=1S/C19H20F2N2O6S/c1-27-16-7-6-13(30(25,26)23-12-8-9-28-11-12)10-14(16)18(24)22-15-4-2-3-5-17(15)29-19(20)21/h2-7,10,12,19,23H,8-9,11H2,1H3,(H,22,24). The smallest absolute Gasteiger partial charge is 0.387 e. The molecule has 0 bridgehead atoms. The molecule has 1 heterocycles. The van der Waals surface area contributed by atoms with E-state index in [2.05, 4.69) is 14.8 Å². The lowest BCUT2D eigenvalue weighted by atomic mass is 10.1. The van der Waals surface area contributed by atoms with E-state index in [9.17, 15) is 22.0 Å². The molecular weight excluding hydrogens is 422 g/mol. The van der Waals surface area contributed by atoms with Crippen molar-refractivity contribution in [2.45, 2.75) is 24.0 Å². The summed E-state index contributed by atoms with van der Waals surface area (Å²) in [6.45, 7) is -2.34. The van der Waals surface area contributed by atoms with Crippen molar-refractivity contribution in [2.24, 2.45) is 0 Å². The first-order valence-corrected chi connectivity index (χ1v) is 10.4. The highest BCUT2D eigenvalue weighted by Crippen LogP contribution is 2.28. The van der Waals surface area contributed by atoms with E-state index in [4.69, 9.17) is 9.47 Å². The van der Waals surface area contributed by atoms with E-state index < -0.39 is 22.5 Å². The van der Waals surface area contributed by atoms with Crippen LogP contribution in [0.4, 0.5) is 14.5 Å². The Bertz CT molecular complexity index is 1010. The zero-order valence-corrected chi connectivity index (χ0v) is 16.7. The average molecular weight is 442 g/mol. The largest absolute Gasteiger partial charge is 0.496 e. The third-order valence-corrected chi connectivity index (χ3v) is 5.85. The van der Waals surface area contributed by atoms with Gasteiger partial charge in [0.15, 0.2) is 0 Å². The Hall–Kier alpha value is -2.76. The number of carbonyl (C=O) groups is 1. The van der Waals surface area contributed by atoms with Crippen LogP contribution >= 0.6 is 0 Å². The number of carbonyl (C=O) groups excluding carboxylic acids is 1. The normalized spacial score (nSPS) is 16.5. The number of rotatable bonds is 8. The molecule has 1 fully saturated rings. The lowest BCUT2D eigenvalue weighted by Gasteiger charge is -2.15. The zero-order valence-electron chi connectivity index (χ0n) is 15.9. The van der Waals surface area contributed by atoms with E-state index in [1.807, 2.05) is 0 Å². The maximum absolute atomic E-state index is 12.8. The van der Waals surface area contributed by atoms with Crippen molar-refractivity contribution in [1.29, 1.82) is 0 Å². The van der Waals surface area contributed by atoms with Crippen LogP contribution in [0.3, 0.4) is 0 Å². The van der Waals surface area contributed by atoms with Crippen molar-refractivity contribution in [2.75, 3.05) is 25.6 Å². The van der Waals surface area contributed by atoms with E-state index >= 15 is 0 Å². The van der Waals surface area contributed by atoms with Crippen LogP contribution < -0.4 is 19.5 Å². The third kappa shape index (κ3) is 5.23. The van der Waals surface area contributed by atoms with Crippen LogP contribution in [0, 0.1) is 0 Å². The fourth-order valence-electron chi connectivity index (χ4n) is 2.90. The van der Waals surface area contributed by atoms with Gasteiger partial charge in [-0.15, -0.1) is 0 Å². The minimum absolute atomic E-state index is 0.000609. The molecule has 1 unspecified atom stereocenters. The fourth-order valence-corrected chi connectivity index (χ4v) is 4.19. The zero-order chi connectivity index (χ0) is 21.7. The molecular formula is C19H20F2N2O6S. The Morgan fingerprint density at radius 3 is 2.63 bits per heavy atom. The number of halogens is 2. The van der Waals surface area contributed by atoms with Gasteiger partial charge in [0.2, 0.25) is 10.0 Å². The van der Waals surface area contributed by atoms with Gasteiger partial charge < -0.3 is 19.5 Å². The van der Waals surface area contributed by atoms with Crippen LogP contribution in [-0.4, -0.2) is 47.3 Å². The molecule has 2 N–H and O–H groups in total. The Labute approximate surface area is 172 Å². The maximum Gasteiger partial charge on any atom is 0.387 e. The summed E-state index contributed by atoms with van der Waals surface area (Å²) in [5, 5.41) is 2.45. The summed E-state index contributed by atoms with van der Waals surface area (Å²) in [4.78, 5) is 12.6. The van der Waals surface area contributed by atoms with E-state index in [1.165, 1.54) is 43.5 Å². The molecule has 2 aromatic carbocycles. The van der Waals surface area contributed by atoms with Crippen molar-refractivity contribution in [1.82, 2.24) is 4.72 Å². The second-order valence-electron chi connectivity index (χ2n) is 6.37. The van der Waals surface area contributed by atoms with Crippen molar-refractivity contribution in [3.05, 3.63) is 48.0 Å². The van der Waals surface area contributed by atoms with Crippen molar-refractivity contribution in [3.8, 4) is 11.5 Å². The van der Waals surface area contributed by atoms with Gasteiger partial charge in [0, 0.05) is 12.6 Å². The number of methoxy groups -OCH3 is 1. The number of benzene rings is 2. The molecule has 162 valence electrons. The first-order chi connectivity index (χ1) is 14.3. The van der Waals surface area contributed by atoms with Gasteiger partial charge in [0.25, 0.3) is 5.91 Å². The molecule has 0 aliphatic carbocycles. The predicted molar refractivity (Wildman–Crippen MR) is 104 cm³/mol. The Morgan fingerprint density at radius 1 is 1.20 bits per heavy atom. The molecule has 1 aliphatic rings. The summed E-state index contributed by atoms with van der Waals surface area (Å²) in [5.74, 6) is -0.868. The molecule has 1 amide bonds. The summed E-state index contributed by atoms with van der Waals surface area (Å²) in [6, 6.07) is 9.10. The Morgan fingerprint density at radius 2 is 1.97 bits per heavy atom. The summed E-state index contributed by atoms with van der Waals surface area (Å²) in [7, 11) is -2.59. The molecule has 1 atom stereocenters. The average Bonchev–Trinajstić information content (AvgIpc) is 3.20. The molecule has 1 saturated heterocycles. The number of sulfonamides is 1. The van der Waals surface area contributed by atoms with Gasteiger partial charge in [-0.2, -0.15) is 8.78 Å². The highest BCUT2D eigenvalue weighted by molar-refractivity contribution is 7.89. The molecule has 30 heavy (non-hydrogen) atoms. The quantitative estimate of drug-likeness (QED) is 0.652. The monoisotopic (exact) mass is 442 g/mol. The minimum Gasteiger partial charge on any atom is -0.496 e. The number of alkyl halides is 2. The van der Waals surface area contributed by atoms with Crippen LogP contribution in [-0.2, 0) is 14.8 Å². The Balaban J connectivity index is 1.88. The molecule has 11 heteroatoms. The molecule has 8 nitrogen and oxygen atoms in total. The van der Waals surface area contributed by atoms with Crippen LogP contribution in [0.2, 0.25) is 0 Å². The van der Waals surface area contributed by atoms with Gasteiger partial charge in [-0.3, -0.25) is 4.79 Å². The molecule has 0 spiro atoms. The third-order valence-electron chi connectivity index (χ3n) is 4.33.